The second-order valence-electron chi connectivity index (χ2n) is 1.78. The smallest absolute Gasteiger partial charge is 0.341 e. The molecule has 0 spiro atoms. The van der Waals surface area contributed by atoms with Crippen LogP contribution in [-0.2, 0) is 9.53 Å². The summed E-state index contributed by atoms with van der Waals surface area (Å²) in [6, 6.07) is 0. The van der Waals surface area contributed by atoms with Crippen molar-refractivity contribution in [2.45, 2.75) is 6.92 Å². The molecule has 0 saturated heterocycles. The average Bonchev–Trinajstić information content (AvgIpc) is 1.80. The van der Waals surface area contributed by atoms with E-state index in [1.807, 2.05) is 0 Å². The zero-order valence-electron chi connectivity index (χ0n) is 5.10. The summed E-state index contributed by atoms with van der Waals surface area (Å²) in [5.74, 6) is -0.0515. The third kappa shape index (κ3) is 1.10. The van der Waals surface area contributed by atoms with Crippen LogP contribution in [0.5, 0.6) is 0 Å². The van der Waals surface area contributed by atoms with Crippen molar-refractivity contribution in [2.24, 2.45) is 0 Å². The van der Waals surface area contributed by atoms with E-state index in [-0.39, 0.29) is 11.9 Å². The second kappa shape index (κ2) is 1.93. The van der Waals surface area contributed by atoms with Crippen LogP contribution in [0.2, 0.25) is 0 Å². The Kier molecular flexibility index (Phi) is 1.26. The molecule has 0 unspecified atom stereocenters. The molecule has 0 aromatic carbocycles. The predicted octanol–water partition coefficient (Wildman–Crippen LogP) is 0.508. The molecule has 0 saturated carbocycles. The van der Waals surface area contributed by atoms with Gasteiger partial charge in [-0.3, -0.25) is 0 Å². The number of cyclic esters (lactones) is 1. The van der Waals surface area contributed by atoms with Gasteiger partial charge in [-0.2, -0.15) is 0 Å². The Balaban J connectivity index is 2.79. The lowest BCUT2D eigenvalue weighted by Gasteiger charge is -2.12. The van der Waals surface area contributed by atoms with Gasteiger partial charge in [-0.15, -0.1) is 0 Å². The van der Waals surface area contributed by atoms with E-state index < -0.39 is 0 Å². The standard InChI is InChI=1S/C6H7NO2/c1-4-3-7-5(2)9-6(4)8/h3,7H,2H2,1H3. The van der Waals surface area contributed by atoms with Gasteiger partial charge in [0, 0.05) is 6.20 Å². The Labute approximate surface area is 53.0 Å². The van der Waals surface area contributed by atoms with Crippen LogP contribution in [0.1, 0.15) is 6.92 Å². The topological polar surface area (TPSA) is 38.3 Å². The summed E-state index contributed by atoms with van der Waals surface area (Å²) in [7, 11) is 0. The predicted molar refractivity (Wildman–Crippen MR) is 32.1 cm³/mol. The van der Waals surface area contributed by atoms with E-state index in [0.717, 1.165) is 0 Å². The molecule has 3 heteroatoms. The quantitative estimate of drug-likeness (QED) is 0.479. The molecule has 0 bridgehead atoms. The lowest BCUT2D eigenvalue weighted by atomic mass is 10.3. The molecule has 0 aromatic rings. The molecule has 1 aliphatic rings. The number of rotatable bonds is 0. The van der Waals surface area contributed by atoms with Crippen LogP contribution in [0, 0.1) is 0 Å². The van der Waals surface area contributed by atoms with Gasteiger partial charge in [0.15, 0.2) is 5.88 Å². The average molecular weight is 125 g/mol. The fourth-order valence-electron chi connectivity index (χ4n) is 0.470. The van der Waals surface area contributed by atoms with Gasteiger partial charge in [-0.05, 0) is 13.5 Å². The SMILES string of the molecule is C=C1NC=C(C)C(=O)O1. The Bertz CT molecular complexity index is 193. The molecular weight excluding hydrogens is 118 g/mol. The van der Waals surface area contributed by atoms with Gasteiger partial charge in [0.2, 0.25) is 0 Å². The summed E-state index contributed by atoms with van der Waals surface area (Å²) in [5, 5.41) is 2.66. The number of ether oxygens (including phenoxy) is 1. The molecule has 1 aliphatic heterocycles. The van der Waals surface area contributed by atoms with Crippen LogP contribution in [0.25, 0.3) is 0 Å². The number of carbonyl (C=O) groups excluding carboxylic acids is 1. The summed E-state index contributed by atoms with van der Waals surface area (Å²) >= 11 is 0. The molecule has 48 valence electrons. The van der Waals surface area contributed by atoms with Crippen LogP contribution < -0.4 is 5.32 Å². The minimum atomic E-state index is -0.334. The van der Waals surface area contributed by atoms with Gasteiger partial charge in [0.1, 0.15) is 0 Å². The molecule has 1 heterocycles. The fourth-order valence-corrected chi connectivity index (χ4v) is 0.470. The lowest BCUT2D eigenvalue weighted by Crippen LogP contribution is -2.20. The van der Waals surface area contributed by atoms with Crippen molar-refractivity contribution in [2.75, 3.05) is 0 Å². The van der Waals surface area contributed by atoms with Crippen LogP contribution in [0.4, 0.5) is 0 Å². The normalized spacial score (nSPS) is 18.1. The largest absolute Gasteiger partial charge is 0.407 e. The number of nitrogens with one attached hydrogen (secondary N) is 1. The third-order valence-corrected chi connectivity index (χ3v) is 0.988. The monoisotopic (exact) mass is 125 g/mol. The summed E-state index contributed by atoms with van der Waals surface area (Å²) < 4.78 is 4.59. The number of hydrogen-bond donors (Lipinski definition) is 1. The molecule has 1 rings (SSSR count). The van der Waals surface area contributed by atoms with Gasteiger partial charge >= 0.3 is 5.97 Å². The maximum Gasteiger partial charge on any atom is 0.341 e. The van der Waals surface area contributed by atoms with Crippen LogP contribution >= 0.6 is 0 Å². The molecule has 0 radical (unpaired) electrons. The highest BCUT2D eigenvalue weighted by molar-refractivity contribution is 5.89. The van der Waals surface area contributed by atoms with Crippen molar-refractivity contribution >= 4 is 5.97 Å². The van der Waals surface area contributed by atoms with Gasteiger partial charge in [-0.1, -0.05) is 0 Å². The first-order valence-corrected chi connectivity index (χ1v) is 2.54. The molecule has 1 N–H and O–H groups in total. The van der Waals surface area contributed by atoms with E-state index in [9.17, 15) is 4.79 Å². The van der Waals surface area contributed by atoms with Crippen molar-refractivity contribution in [3.63, 3.8) is 0 Å². The highest BCUT2D eigenvalue weighted by Gasteiger charge is 2.11. The van der Waals surface area contributed by atoms with E-state index >= 15 is 0 Å². The van der Waals surface area contributed by atoms with Crippen LogP contribution in [0.3, 0.4) is 0 Å². The number of carbonyl (C=O) groups is 1. The van der Waals surface area contributed by atoms with Crippen molar-refractivity contribution < 1.29 is 9.53 Å². The molecule has 0 fully saturated rings. The van der Waals surface area contributed by atoms with Gasteiger partial charge in [-0.25, -0.2) is 4.79 Å². The van der Waals surface area contributed by atoms with Crippen LogP contribution in [-0.4, -0.2) is 5.97 Å². The summed E-state index contributed by atoms with van der Waals surface area (Å²) in [5.41, 5.74) is 0.558. The van der Waals surface area contributed by atoms with Crippen molar-refractivity contribution in [3.05, 3.63) is 24.2 Å². The number of hydrogen-bond acceptors (Lipinski definition) is 3. The Morgan fingerprint density at radius 3 is 2.89 bits per heavy atom. The first-order valence-electron chi connectivity index (χ1n) is 2.54. The molecule has 0 atom stereocenters. The van der Waals surface area contributed by atoms with E-state index in [0.29, 0.717) is 5.57 Å². The molecule has 0 amide bonds. The Morgan fingerprint density at radius 2 is 2.44 bits per heavy atom. The molecule has 9 heavy (non-hydrogen) atoms. The van der Waals surface area contributed by atoms with Crippen molar-refractivity contribution in [1.82, 2.24) is 5.32 Å². The highest BCUT2D eigenvalue weighted by atomic mass is 16.5. The van der Waals surface area contributed by atoms with E-state index in [2.05, 4.69) is 16.6 Å². The minimum Gasteiger partial charge on any atom is -0.407 e. The summed E-state index contributed by atoms with van der Waals surface area (Å²) in [6.07, 6.45) is 1.56. The maximum absolute atomic E-state index is 10.6. The van der Waals surface area contributed by atoms with Crippen molar-refractivity contribution in [3.8, 4) is 0 Å². The van der Waals surface area contributed by atoms with Gasteiger partial charge in [0.25, 0.3) is 0 Å². The Morgan fingerprint density at radius 1 is 1.78 bits per heavy atom. The first-order chi connectivity index (χ1) is 4.20. The minimum absolute atomic E-state index is 0.283. The van der Waals surface area contributed by atoms with E-state index in [1.54, 1.807) is 13.1 Å². The zero-order chi connectivity index (χ0) is 6.85. The summed E-state index contributed by atoms with van der Waals surface area (Å²) in [4.78, 5) is 10.6. The molecule has 0 aliphatic carbocycles. The van der Waals surface area contributed by atoms with Gasteiger partial charge < -0.3 is 10.1 Å². The second-order valence-corrected chi connectivity index (χ2v) is 1.78. The van der Waals surface area contributed by atoms with E-state index in [1.165, 1.54) is 0 Å². The highest BCUT2D eigenvalue weighted by Crippen LogP contribution is 2.04. The number of esters is 1. The summed E-state index contributed by atoms with van der Waals surface area (Å²) in [6.45, 7) is 5.07. The third-order valence-electron chi connectivity index (χ3n) is 0.988. The fraction of sp³-hybridized carbons (Fsp3) is 0.167. The molecule has 0 aromatic heterocycles. The van der Waals surface area contributed by atoms with Gasteiger partial charge in [0.05, 0.1) is 5.57 Å². The van der Waals surface area contributed by atoms with Crippen LogP contribution in [0.15, 0.2) is 24.2 Å². The first kappa shape index (κ1) is 5.88. The molecule has 3 nitrogen and oxygen atoms in total. The lowest BCUT2D eigenvalue weighted by molar-refractivity contribution is -0.136. The van der Waals surface area contributed by atoms with Crippen molar-refractivity contribution in [1.29, 1.82) is 0 Å². The molecular formula is C6H7NO2. The maximum atomic E-state index is 10.6. The van der Waals surface area contributed by atoms with E-state index in [4.69, 9.17) is 0 Å². The zero-order valence-corrected chi connectivity index (χ0v) is 5.10. The Hall–Kier alpha value is -1.25.